The van der Waals surface area contributed by atoms with E-state index in [1.165, 1.54) is 5.69 Å². The van der Waals surface area contributed by atoms with Gasteiger partial charge in [0.05, 0.1) is 0 Å². The number of nitrogens with one attached hydrogen (secondary N) is 1. The van der Waals surface area contributed by atoms with Gasteiger partial charge in [-0.2, -0.15) is 0 Å². The number of aromatic nitrogens is 2. The Balaban J connectivity index is 2.71. The molecule has 0 atom stereocenters. The van der Waals surface area contributed by atoms with Crippen LogP contribution in [0, 0.1) is 4.77 Å². The number of ether oxygens (including phenoxy) is 1. The Labute approximate surface area is 103 Å². The zero-order valence-corrected chi connectivity index (χ0v) is 11.5. The SMILES string of the molecule is CCOCCCn1c(C(C)(C)C)c[nH]c1=S. The van der Waals surface area contributed by atoms with Crippen LogP contribution in [0.1, 0.15) is 39.8 Å². The largest absolute Gasteiger partial charge is 0.382 e. The van der Waals surface area contributed by atoms with Crippen LogP contribution in [0.4, 0.5) is 0 Å². The molecule has 0 spiro atoms. The molecule has 0 bridgehead atoms. The van der Waals surface area contributed by atoms with Gasteiger partial charge in [-0.05, 0) is 25.6 Å². The molecule has 4 heteroatoms. The van der Waals surface area contributed by atoms with Crippen molar-refractivity contribution in [2.24, 2.45) is 0 Å². The van der Waals surface area contributed by atoms with Crippen LogP contribution in [0.3, 0.4) is 0 Å². The van der Waals surface area contributed by atoms with E-state index in [9.17, 15) is 0 Å². The zero-order valence-electron chi connectivity index (χ0n) is 10.7. The van der Waals surface area contributed by atoms with Gasteiger partial charge in [0.15, 0.2) is 4.77 Å². The summed E-state index contributed by atoms with van der Waals surface area (Å²) in [6.45, 7) is 11.1. The monoisotopic (exact) mass is 242 g/mol. The van der Waals surface area contributed by atoms with E-state index < -0.39 is 0 Å². The lowest BCUT2D eigenvalue weighted by molar-refractivity contribution is 0.141. The molecule has 3 nitrogen and oxygen atoms in total. The highest BCUT2D eigenvalue weighted by atomic mass is 32.1. The lowest BCUT2D eigenvalue weighted by Gasteiger charge is -2.20. The number of aromatic amines is 1. The first-order chi connectivity index (χ1) is 7.46. The predicted octanol–water partition coefficient (Wildman–Crippen LogP) is 3.27. The van der Waals surface area contributed by atoms with Crippen molar-refractivity contribution >= 4 is 12.2 Å². The summed E-state index contributed by atoms with van der Waals surface area (Å²) in [7, 11) is 0. The minimum absolute atomic E-state index is 0.124. The molecule has 0 aromatic carbocycles. The lowest BCUT2D eigenvalue weighted by Crippen LogP contribution is -2.18. The van der Waals surface area contributed by atoms with Crippen molar-refractivity contribution in [2.45, 2.75) is 46.1 Å². The van der Waals surface area contributed by atoms with Crippen molar-refractivity contribution in [3.63, 3.8) is 0 Å². The molecule has 0 unspecified atom stereocenters. The van der Waals surface area contributed by atoms with Crippen LogP contribution in [-0.2, 0) is 16.7 Å². The van der Waals surface area contributed by atoms with Gasteiger partial charge < -0.3 is 14.3 Å². The van der Waals surface area contributed by atoms with Gasteiger partial charge in [-0.1, -0.05) is 20.8 Å². The van der Waals surface area contributed by atoms with Crippen molar-refractivity contribution in [1.82, 2.24) is 9.55 Å². The van der Waals surface area contributed by atoms with Crippen molar-refractivity contribution in [1.29, 1.82) is 0 Å². The lowest BCUT2D eigenvalue weighted by atomic mass is 9.92. The second-order valence-corrected chi connectivity index (χ2v) is 5.32. The van der Waals surface area contributed by atoms with Crippen LogP contribution in [0.2, 0.25) is 0 Å². The van der Waals surface area contributed by atoms with E-state index >= 15 is 0 Å². The van der Waals surface area contributed by atoms with E-state index in [1.807, 2.05) is 13.1 Å². The van der Waals surface area contributed by atoms with Gasteiger partial charge in [0.25, 0.3) is 0 Å². The second kappa shape index (κ2) is 5.64. The molecule has 0 aliphatic heterocycles. The standard InChI is InChI=1S/C12H22N2OS/c1-5-15-8-6-7-14-10(12(2,3)4)9-13-11(14)16/h9H,5-8H2,1-4H3,(H,13,16). The average molecular weight is 242 g/mol. The Hall–Kier alpha value is -0.610. The zero-order chi connectivity index (χ0) is 12.2. The van der Waals surface area contributed by atoms with Gasteiger partial charge in [0, 0.05) is 37.1 Å². The first-order valence-electron chi connectivity index (χ1n) is 5.83. The molecular formula is C12H22N2OS. The molecule has 0 saturated carbocycles. The van der Waals surface area contributed by atoms with Crippen LogP contribution < -0.4 is 0 Å². The third-order valence-corrected chi connectivity index (χ3v) is 2.85. The van der Waals surface area contributed by atoms with Crippen molar-refractivity contribution < 1.29 is 4.74 Å². The van der Waals surface area contributed by atoms with Gasteiger partial charge >= 0.3 is 0 Å². The molecule has 0 radical (unpaired) electrons. The summed E-state index contributed by atoms with van der Waals surface area (Å²) >= 11 is 5.29. The Kier molecular flexibility index (Phi) is 4.74. The van der Waals surface area contributed by atoms with Crippen LogP contribution in [0.25, 0.3) is 0 Å². The van der Waals surface area contributed by atoms with E-state index in [2.05, 4.69) is 30.3 Å². The first kappa shape index (κ1) is 13.5. The van der Waals surface area contributed by atoms with Crippen LogP contribution in [0.15, 0.2) is 6.20 Å². The fraction of sp³-hybridized carbons (Fsp3) is 0.750. The topological polar surface area (TPSA) is 29.9 Å². The number of nitrogens with zero attached hydrogens (tertiary/aromatic N) is 1. The summed E-state index contributed by atoms with van der Waals surface area (Å²) in [6.07, 6.45) is 3.02. The average Bonchev–Trinajstić information content (AvgIpc) is 2.54. The minimum atomic E-state index is 0.124. The summed E-state index contributed by atoms with van der Waals surface area (Å²) in [5.74, 6) is 0. The molecule has 0 amide bonds. The van der Waals surface area contributed by atoms with E-state index in [0.717, 1.165) is 31.0 Å². The normalized spacial score (nSPS) is 12.0. The van der Waals surface area contributed by atoms with E-state index in [4.69, 9.17) is 17.0 Å². The summed E-state index contributed by atoms with van der Waals surface area (Å²) < 4.78 is 8.32. The predicted molar refractivity (Wildman–Crippen MR) is 69.4 cm³/mol. The molecule has 0 saturated heterocycles. The smallest absolute Gasteiger partial charge is 0.177 e. The fourth-order valence-corrected chi connectivity index (χ4v) is 1.96. The van der Waals surface area contributed by atoms with E-state index in [0.29, 0.717) is 0 Å². The van der Waals surface area contributed by atoms with Crippen molar-refractivity contribution in [3.8, 4) is 0 Å². The van der Waals surface area contributed by atoms with E-state index in [1.54, 1.807) is 0 Å². The van der Waals surface area contributed by atoms with Gasteiger partial charge in [0.2, 0.25) is 0 Å². The molecule has 0 fully saturated rings. The van der Waals surface area contributed by atoms with Crippen LogP contribution >= 0.6 is 12.2 Å². The van der Waals surface area contributed by atoms with Gasteiger partial charge in [0.1, 0.15) is 0 Å². The maximum atomic E-state index is 5.34. The molecule has 1 N–H and O–H groups in total. The van der Waals surface area contributed by atoms with Crippen molar-refractivity contribution in [2.75, 3.05) is 13.2 Å². The highest BCUT2D eigenvalue weighted by Crippen LogP contribution is 2.22. The van der Waals surface area contributed by atoms with Gasteiger partial charge in [-0.3, -0.25) is 0 Å². The molecule has 0 aliphatic rings. The Morgan fingerprint density at radius 2 is 2.12 bits per heavy atom. The number of H-pyrrole nitrogens is 1. The van der Waals surface area contributed by atoms with Crippen LogP contribution in [-0.4, -0.2) is 22.8 Å². The third kappa shape index (κ3) is 3.46. The molecule has 1 aromatic rings. The van der Waals surface area contributed by atoms with E-state index in [-0.39, 0.29) is 5.41 Å². The first-order valence-corrected chi connectivity index (χ1v) is 6.24. The Morgan fingerprint density at radius 3 is 2.69 bits per heavy atom. The highest BCUT2D eigenvalue weighted by molar-refractivity contribution is 7.71. The summed E-state index contributed by atoms with van der Waals surface area (Å²) in [4.78, 5) is 3.12. The molecular weight excluding hydrogens is 220 g/mol. The fourth-order valence-electron chi connectivity index (χ4n) is 1.71. The van der Waals surface area contributed by atoms with Gasteiger partial charge in [-0.25, -0.2) is 0 Å². The summed E-state index contributed by atoms with van der Waals surface area (Å²) in [5, 5.41) is 0. The maximum Gasteiger partial charge on any atom is 0.177 e. The number of rotatable bonds is 5. The summed E-state index contributed by atoms with van der Waals surface area (Å²) in [5.41, 5.74) is 1.38. The second-order valence-electron chi connectivity index (χ2n) is 4.93. The Morgan fingerprint density at radius 1 is 1.44 bits per heavy atom. The summed E-state index contributed by atoms with van der Waals surface area (Å²) in [6, 6.07) is 0. The van der Waals surface area contributed by atoms with Gasteiger partial charge in [-0.15, -0.1) is 0 Å². The maximum absolute atomic E-state index is 5.34. The number of imidazole rings is 1. The molecule has 1 aromatic heterocycles. The molecule has 0 aliphatic carbocycles. The molecule has 92 valence electrons. The third-order valence-electron chi connectivity index (χ3n) is 2.51. The molecule has 1 rings (SSSR count). The Bertz CT molecular complexity index is 373. The quantitative estimate of drug-likeness (QED) is 0.634. The molecule has 16 heavy (non-hydrogen) atoms. The van der Waals surface area contributed by atoms with Crippen LogP contribution in [0.5, 0.6) is 0 Å². The number of hydrogen-bond donors (Lipinski definition) is 1. The highest BCUT2D eigenvalue weighted by Gasteiger charge is 2.18. The molecule has 1 heterocycles. The van der Waals surface area contributed by atoms with Crippen molar-refractivity contribution in [3.05, 3.63) is 16.7 Å². The minimum Gasteiger partial charge on any atom is -0.382 e. The number of hydrogen-bond acceptors (Lipinski definition) is 2.